The van der Waals surface area contributed by atoms with Crippen LogP contribution in [0.25, 0.3) is 10.2 Å². The SMILES string of the molecule is CC1(C)Cc2c(sc3nc(N4N=N4)nc(NCc4ccccc4)c23)CO1. The lowest BCUT2D eigenvalue weighted by atomic mass is 9.94. The predicted molar refractivity (Wildman–Crippen MR) is 101 cm³/mol. The standard InChI is InChI=1S/C18H18N6OS/c1-18(2)8-12-13(10-25-18)26-16-14(12)15(20-17(21-16)24-22-23-24)19-9-11-6-4-3-5-7-11/h3-7H,8-10H2,1-2H3,(H,19,20,21). The lowest BCUT2D eigenvalue weighted by Crippen LogP contribution is -2.31. The minimum Gasteiger partial charge on any atom is -0.370 e. The summed E-state index contributed by atoms with van der Waals surface area (Å²) in [5.74, 6) is 1.34. The fraction of sp³-hybridized carbons (Fsp3) is 0.333. The van der Waals surface area contributed by atoms with Gasteiger partial charge in [-0.05, 0) is 35.4 Å². The summed E-state index contributed by atoms with van der Waals surface area (Å²) in [6.45, 7) is 5.57. The summed E-state index contributed by atoms with van der Waals surface area (Å²) in [5, 5.41) is 13.7. The molecule has 26 heavy (non-hydrogen) atoms. The predicted octanol–water partition coefficient (Wildman–Crippen LogP) is 4.26. The minimum absolute atomic E-state index is 0.180. The Balaban J connectivity index is 1.58. The number of nitrogens with zero attached hydrogens (tertiary/aromatic N) is 5. The topological polar surface area (TPSA) is 74.8 Å². The number of fused-ring (bicyclic) bond motifs is 3. The van der Waals surface area contributed by atoms with Gasteiger partial charge in [-0.25, -0.2) is 0 Å². The molecule has 5 rings (SSSR count). The van der Waals surface area contributed by atoms with Crippen LogP contribution in [0.5, 0.6) is 0 Å². The number of nitrogens with one attached hydrogen (secondary N) is 1. The molecule has 3 aromatic rings. The lowest BCUT2D eigenvalue weighted by molar-refractivity contribution is -0.0379. The third-order valence-electron chi connectivity index (χ3n) is 4.58. The van der Waals surface area contributed by atoms with Crippen molar-refractivity contribution in [2.24, 2.45) is 10.4 Å². The van der Waals surface area contributed by atoms with Gasteiger partial charge in [0.15, 0.2) is 0 Å². The zero-order valence-electron chi connectivity index (χ0n) is 14.6. The van der Waals surface area contributed by atoms with Crippen LogP contribution in [0.3, 0.4) is 0 Å². The maximum atomic E-state index is 5.97. The Kier molecular flexibility index (Phi) is 3.44. The van der Waals surface area contributed by atoms with Gasteiger partial charge in [0.2, 0.25) is 0 Å². The quantitative estimate of drug-likeness (QED) is 0.747. The van der Waals surface area contributed by atoms with Crippen molar-refractivity contribution in [3.63, 3.8) is 0 Å². The molecule has 2 aliphatic rings. The monoisotopic (exact) mass is 366 g/mol. The number of benzene rings is 1. The van der Waals surface area contributed by atoms with Gasteiger partial charge < -0.3 is 10.1 Å². The first-order chi connectivity index (χ1) is 12.6. The molecular weight excluding hydrogens is 348 g/mol. The Hall–Kier alpha value is -2.58. The van der Waals surface area contributed by atoms with Crippen molar-refractivity contribution in [1.29, 1.82) is 0 Å². The Labute approximate surface area is 154 Å². The maximum absolute atomic E-state index is 5.97. The van der Waals surface area contributed by atoms with Crippen LogP contribution in [0.2, 0.25) is 0 Å². The van der Waals surface area contributed by atoms with E-state index in [9.17, 15) is 0 Å². The molecule has 132 valence electrons. The van der Waals surface area contributed by atoms with Gasteiger partial charge in [0, 0.05) is 17.8 Å². The number of anilines is 2. The third-order valence-corrected chi connectivity index (χ3v) is 5.68. The largest absolute Gasteiger partial charge is 0.370 e. The van der Waals surface area contributed by atoms with E-state index in [-0.39, 0.29) is 5.60 Å². The molecule has 0 saturated heterocycles. The second kappa shape index (κ2) is 5.72. The van der Waals surface area contributed by atoms with Crippen molar-refractivity contribution in [1.82, 2.24) is 9.97 Å². The van der Waals surface area contributed by atoms with Crippen molar-refractivity contribution in [3.05, 3.63) is 46.3 Å². The lowest BCUT2D eigenvalue weighted by Gasteiger charge is -2.30. The highest BCUT2D eigenvalue weighted by molar-refractivity contribution is 7.19. The molecule has 0 atom stereocenters. The Morgan fingerprint density at radius 3 is 2.77 bits per heavy atom. The molecule has 1 aromatic carbocycles. The molecule has 8 heteroatoms. The van der Waals surface area contributed by atoms with Gasteiger partial charge in [-0.1, -0.05) is 35.4 Å². The van der Waals surface area contributed by atoms with E-state index in [1.165, 1.54) is 21.1 Å². The number of rotatable bonds is 4. The molecule has 0 bridgehead atoms. The highest BCUT2D eigenvalue weighted by atomic mass is 32.1. The molecule has 0 spiro atoms. The summed E-state index contributed by atoms with van der Waals surface area (Å²) in [6, 6.07) is 10.3. The molecule has 0 radical (unpaired) electrons. The third kappa shape index (κ3) is 2.81. The van der Waals surface area contributed by atoms with Crippen LogP contribution in [0, 0.1) is 0 Å². The van der Waals surface area contributed by atoms with Crippen molar-refractivity contribution in [2.45, 2.75) is 39.0 Å². The highest BCUT2D eigenvalue weighted by Crippen LogP contribution is 2.42. The average Bonchev–Trinajstić information content (AvgIpc) is 3.42. The number of hydrogen-bond donors (Lipinski definition) is 1. The summed E-state index contributed by atoms with van der Waals surface area (Å²) in [5.41, 5.74) is 2.32. The summed E-state index contributed by atoms with van der Waals surface area (Å²) in [4.78, 5) is 11.5. The molecule has 2 aromatic heterocycles. The molecule has 0 saturated carbocycles. The van der Waals surface area contributed by atoms with Gasteiger partial charge in [-0.3, -0.25) is 0 Å². The summed E-state index contributed by atoms with van der Waals surface area (Å²) in [6.07, 6.45) is 0.851. The van der Waals surface area contributed by atoms with Crippen LogP contribution in [0.1, 0.15) is 29.9 Å². The number of thiophene rings is 1. The fourth-order valence-electron chi connectivity index (χ4n) is 3.23. The minimum atomic E-state index is -0.180. The second-order valence-corrected chi connectivity index (χ2v) is 8.17. The van der Waals surface area contributed by atoms with Crippen LogP contribution in [-0.2, 0) is 24.3 Å². The molecule has 0 unspecified atom stereocenters. The molecule has 4 heterocycles. The number of aromatic nitrogens is 2. The van der Waals surface area contributed by atoms with Crippen LogP contribution < -0.4 is 10.4 Å². The zero-order chi connectivity index (χ0) is 17.7. The van der Waals surface area contributed by atoms with E-state index >= 15 is 0 Å². The van der Waals surface area contributed by atoms with Gasteiger partial charge in [-0.15, -0.1) is 11.3 Å². The molecule has 1 N–H and O–H groups in total. The van der Waals surface area contributed by atoms with E-state index in [1.54, 1.807) is 11.3 Å². The van der Waals surface area contributed by atoms with Gasteiger partial charge >= 0.3 is 0 Å². The van der Waals surface area contributed by atoms with Crippen LogP contribution >= 0.6 is 11.3 Å². The average molecular weight is 366 g/mol. The molecule has 0 amide bonds. The fourth-order valence-corrected chi connectivity index (χ4v) is 4.33. The Morgan fingerprint density at radius 2 is 2.00 bits per heavy atom. The highest BCUT2D eigenvalue weighted by Gasteiger charge is 2.32. The first-order valence-electron chi connectivity index (χ1n) is 8.55. The normalized spacial score (nSPS) is 17.4. The van der Waals surface area contributed by atoms with Gasteiger partial charge in [0.05, 0.1) is 17.6 Å². The smallest absolute Gasteiger partial charge is 0.275 e. The van der Waals surface area contributed by atoms with Crippen molar-refractivity contribution in [2.75, 3.05) is 10.4 Å². The van der Waals surface area contributed by atoms with Crippen molar-refractivity contribution >= 4 is 33.3 Å². The van der Waals surface area contributed by atoms with Crippen LogP contribution in [0.4, 0.5) is 11.8 Å². The van der Waals surface area contributed by atoms with E-state index in [4.69, 9.17) is 4.74 Å². The van der Waals surface area contributed by atoms with Gasteiger partial charge in [0.1, 0.15) is 10.6 Å². The van der Waals surface area contributed by atoms with Crippen LogP contribution in [-0.4, -0.2) is 15.6 Å². The summed E-state index contributed by atoms with van der Waals surface area (Å²) >= 11 is 1.67. The molecular formula is C18H18N6OS. The van der Waals surface area contributed by atoms with E-state index in [2.05, 4.69) is 51.7 Å². The van der Waals surface area contributed by atoms with Gasteiger partial charge in [0.25, 0.3) is 5.95 Å². The Morgan fingerprint density at radius 1 is 1.19 bits per heavy atom. The maximum Gasteiger partial charge on any atom is 0.275 e. The van der Waals surface area contributed by atoms with E-state index in [0.29, 0.717) is 19.1 Å². The van der Waals surface area contributed by atoms with Crippen molar-refractivity contribution < 1.29 is 4.74 Å². The van der Waals surface area contributed by atoms with Gasteiger partial charge in [-0.2, -0.15) is 9.97 Å². The van der Waals surface area contributed by atoms with E-state index in [0.717, 1.165) is 22.5 Å². The molecule has 2 aliphatic heterocycles. The zero-order valence-corrected chi connectivity index (χ0v) is 15.4. The molecule has 0 aliphatic carbocycles. The number of hydrogen-bond acceptors (Lipinski definition) is 8. The molecule has 7 nitrogen and oxygen atoms in total. The van der Waals surface area contributed by atoms with E-state index in [1.807, 2.05) is 18.2 Å². The Bertz CT molecular complexity index is 1010. The van der Waals surface area contributed by atoms with Crippen LogP contribution in [0.15, 0.2) is 40.8 Å². The summed E-state index contributed by atoms with van der Waals surface area (Å²) < 4.78 is 5.97. The van der Waals surface area contributed by atoms with E-state index < -0.39 is 0 Å². The first kappa shape index (κ1) is 15.7. The summed E-state index contributed by atoms with van der Waals surface area (Å²) in [7, 11) is 0. The number of ether oxygens (including phenoxy) is 1. The molecule has 0 fully saturated rings. The second-order valence-electron chi connectivity index (χ2n) is 7.09. The first-order valence-corrected chi connectivity index (χ1v) is 9.36. The van der Waals surface area contributed by atoms with Crippen molar-refractivity contribution in [3.8, 4) is 0 Å².